The number of aryl methyl sites for hydroxylation is 1. The van der Waals surface area contributed by atoms with Crippen LogP contribution in [0.1, 0.15) is 41.3 Å². The molecular formula is C28H33N3O2. The monoisotopic (exact) mass is 443 g/mol. The number of carbonyl (C=O) groups excluding carboxylic acids is 1. The Labute approximate surface area is 196 Å². The van der Waals surface area contributed by atoms with E-state index in [-0.39, 0.29) is 11.9 Å². The highest BCUT2D eigenvalue weighted by Gasteiger charge is 2.42. The summed E-state index contributed by atoms with van der Waals surface area (Å²) >= 11 is 0. The van der Waals surface area contributed by atoms with Crippen molar-refractivity contribution in [2.75, 3.05) is 26.3 Å². The number of nitrogens with zero attached hydrogens (tertiary/aromatic N) is 2. The molecule has 0 bridgehead atoms. The van der Waals surface area contributed by atoms with Gasteiger partial charge < -0.3 is 14.6 Å². The molecule has 0 aliphatic carbocycles. The van der Waals surface area contributed by atoms with E-state index < -0.39 is 5.41 Å². The summed E-state index contributed by atoms with van der Waals surface area (Å²) in [5, 5.41) is 3.38. The molecule has 2 aromatic carbocycles. The molecule has 1 fully saturated rings. The molecule has 5 heteroatoms. The summed E-state index contributed by atoms with van der Waals surface area (Å²) in [5.74, 6) is 0.119. The van der Waals surface area contributed by atoms with Gasteiger partial charge in [0.1, 0.15) is 0 Å². The van der Waals surface area contributed by atoms with Crippen LogP contribution in [-0.2, 0) is 35.0 Å². The second-order valence-corrected chi connectivity index (χ2v) is 9.32. The molecule has 3 heterocycles. The third kappa shape index (κ3) is 4.35. The Balaban J connectivity index is 1.38. The molecule has 1 aromatic heterocycles. The average Bonchev–Trinajstić information content (AvgIpc) is 3.30. The summed E-state index contributed by atoms with van der Waals surface area (Å²) in [6.07, 6.45) is 4.56. The zero-order chi connectivity index (χ0) is 22.7. The van der Waals surface area contributed by atoms with E-state index in [4.69, 9.17) is 4.74 Å². The molecule has 0 saturated carbocycles. The Morgan fingerprint density at radius 2 is 1.73 bits per heavy atom. The molecule has 0 spiro atoms. The number of nitrogens with one attached hydrogen (secondary N) is 1. The molecule has 1 unspecified atom stereocenters. The van der Waals surface area contributed by atoms with Gasteiger partial charge in [0.05, 0.1) is 11.5 Å². The van der Waals surface area contributed by atoms with Crippen LogP contribution in [0.5, 0.6) is 0 Å². The van der Waals surface area contributed by atoms with Crippen LogP contribution in [-0.4, -0.2) is 41.7 Å². The number of aromatic nitrogens is 1. The van der Waals surface area contributed by atoms with Crippen molar-refractivity contribution in [2.45, 2.75) is 37.3 Å². The Hall–Kier alpha value is -2.89. The molecule has 2 aliphatic heterocycles. The minimum atomic E-state index is -0.521. The predicted octanol–water partition coefficient (Wildman–Crippen LogP) is 3.99. The fourth-order valence-electron chi connectivity index (χ4n) is 5.51. The third-order valence-corrected chi connectivity index (χ3v) is 7.49. The number of amides is 1. The highest BCUT2D eigenvalue weighted by Crippen LogP contribution is 2.35. The highest BCUT2D eigenvalue weighted by atomic mass is 16.5. The zero-order valence-corrected chi connectivity index (χ0v) is 19.4. The normalized spacial score (nSPS) is 18.9. The summed E-state index contributed by atoms with van der Waals surface area (Å²) in [7, 11) is 2.09. The Bertz CT molecular complexity index is 1090. The molecule has 1 atom stereocenters. The quantitative estimate of drug-likeness (QED) is 0.627. The average molecular weight is 444 g/mol. The number of hydrogen-bond acceptors (Lipinski definition) is 3. The molecule has 1 N–H and O–H groups in total. The molecule has 33 heavy (non-hydrogen) atoms. The van der Waals surface area contributed by atoms with E-state index >= 15 is 0 Å². The first-order valence-electron chi connectivity index (χ1n) is 12.0. The van der Waals surface area contributed by atoms with Crippen LogP contribution in [0.15, 0.2) is 72.9 Å². The largest absolute Gasteiger partial charge is 0.381 e. The molecule has 3 aromatic rings. The lowest BCUT2D eigenvalue weighted by atomic mass is 9.73. The van der Waals surface area contributed by atoms with Gasteiger partial charge in [-0.3, -0.25) is 9.69 Å². The van der Waals surface area contributed by atoms with E-state index in [1.807, 2.05) is 18.2 Å². The van der Waals surface area contributed by atoms with Crippen LogP contribution in [0.4, 0.5) is 0 Å². The standard InChI is InChI=1S/C28H33N3O2/c1-30-16-7-12-25(30)26(31-17-13-22-8-5-6-9-23(22)21-31)20-29-27(32)28(14-18-33-19-15-28)24-10-3-2-4-11-24/h2-12,16,26H,13-15,17-21H2,1H3,(H,29,32). The Morgan fingerprint density at radius 3 is 2.45 bits per heavy atom. The van der Waals surface area contributed by atoms with Crippen molar-refractivity contribution in [2.24, 2.45) is 7.05 Å². The first-order chi connectivity index (χ1) is 16.2. The second kappa shape index (κ2) is 9.54. The SMILES string of the molecule is Cn1cccc1C(CNC(=O)C1(c2ccccc2)CCOCC1)N1CCc2ccccc2C1. The number of rotatable bonds is 6. The highest BCUT2D eigenvalue weighted by molar-refractivity contribution is 5.88. The minimum Gasteiger partial charge on any atom is -0.381 e. The number of benzene rings is 2. The summed E-state index contributed by atoms with van der Waals surface area (Å²) in [4.78, 5) is 16.3. The van der Waals surface area contributed by atoms with Gasteiger partial charge in [-0.1, -0.05) is 54.6 Å². The third-order valence-electron chi connectivity index (χ3n) is 7.49. The van der Waals surface area contributed by atoms with Crippen LogP contribution in [0.2, 0.25) is 0 Å². The first kappa shape index (κ1) is 21.9. The van der Waals surface area contributed by atoms with Gasteiger partial charge in [-0.25, -0.2) is 0 Å². The lowest BCUT2D eigenvalue weighted by Gasteiger charge is -2.39. The molecule has 2 aliphatic rings. The van der Waals surface area contributed by atoms with E-state index in [0.717, 1.165) is 37.9 Å². The Kier molecular flexibility index (Phi) is 6.34. The molecule has 5 rings (SSSR count). The van der Waals surface area contributed by atoms with Gasteiger partial charge in [0, 0.05) is 51.8 Å². The van der Waals surface area contributed by atoms with Crippen LogP contribution >= 0.6 is 0 Å². The minimum absolute atomic E-state index is 0.119. The summed E-state index contributed by atoms with van der Waals surface area (Å²) in [6, 6.07) is 23.3. The fraction of sp³-hybridized carbons (Fsp3) is 0.393. The first-order valence-corrected chi connectivity index (χ1v) is 12.0. The fourth-order valence-corrected chi connectivity index (χ4v) is 5.51. The maximum atomic E-state index is 13.8. The maximum Gasteiger partial charge on any atom is 0.230 e. The van der Waals surface area contributed by atoms with E-state index in [2.05, 4.69) is 76.6 Å². The summed E-state index contributed by atoms with van der Waals surface area (Å²) in [5.41, 5.74) is 4.63. The zero-order valence-electron chi connectivity index (χ0n) is 19.4. The van der Waals surface area contributed by atoms with Crippen LogP contribution < -0.4 is 5.32 Å². The number of carbonyl (C=O) groups is 1. The van der Waals surface area contributed by atoms with Crippen LogP contribution in [0.25, 0.3) is 0 Å². The lowest BCUT2D eigenvalue weighted by Crippen LogP contribution is -2.50. The van der Waals surface area contributed by atoms with Crippen molar-refractivity contribution in [3.8, 4) is 0 Å². The van der Waals surface area contributed by atoms with E-state index in [1.165, 1.54) is 16.8 Å². The van der Waals surface area contributed by atoms with Crippen molar-refractivity contribution in [3.63, 3.8) is 0 Å². The molecular weight excluding hydrogens is 410 g/mol. The smallest absolute Gasteiger partial charge is 0.230 e. The van der Waals surface area contributed by atoms with E-state index in [9.17, 15) is 4.79 Å². The summed E-state index contributed by atoms with van der Waals surface area (Å²) in [6.45, 7) is 3.72. The molecule has 1 saturated heterocycles. The summed E-state index contributed by atoms with van der Waals surface area (Å²) < 4.78 is 7.81. The van der Waals surface area contributed by atoms with Crippen molar-refractivity contribution < 1.29 is 9.53 Å². The van der Waals surface area contributed by atoms with E-state index in [1.54, 1.807) is 0 Å². The van der Waals surface area contributed by atoms with Crippen molar-refractivity contribution >= 4 is 5.91 Å². The van der Waals surface area contributed by atoms with Crippen LogP contribution in [0.3, 0.4) is 0 Å². The maximum absolute atomic E-state index is 13.8. The molecule has 1 amide bonds. The van der Waals surface area contributed by atoms with Gasteiger partial charge in [-0.15, -0.1) is 0 Å². The van der Waals surface area contributed by atoms with Gasteiger partial charge in [0.25, 0.3) is 0 Å². The molecule has 0 radical (unpaired) electrons. The molecule has 172 valence electrons. The lowest BCUT2D eigenvalue weighted by molar-refractivity contribution is -0.130. The predicted molar refractivity (Wildman–Crippen MR) is 130 cm³/mol. The van der Waals surface area contributed by atoms with E-state index in [0.29, 0.717) is 19.8 Å². The van der Waals surface area contributed by atoms with Gasteiger partial charge in [-0.05, 0) is 48.1 Å². The molecule has 5 nitrogen and oxygen atoms in total. The van der Waals surface area contributed by atoms with Crippen molar-refractivity contribution in [1.82, 2.24) is 14.8 Å². The van der Waals surface area contributed by atoms with Crippen molar-refractivity contribution in [1.29, 1.82) is 0 Å². The van der Waals surface area contributed by atoms with Crippen molar-refractivity contribution in [3.05, 3.63) is 95.3 Å². The van der Waals surface area contributed by atoms with Crippen LogP contribution in [0, 0.1) is 0 Å². The number of fused-ring (bicyclic) bond motifs is 1. The topological polar surface area (TPSA) is 46.5 Å². The van der Waals surface area contributed by atoms with Gasteiger partial charge >= 0.3 is 0 Å². The second-order valence-electron chi connectivity index (χ2n) is 9.32. The number of ether oxygens (including phenoxy) is 1. The van der Waals surface area contributed by atoms with Gasteiger partial charge in [0.2, 0.25) is 5.91 Å². The number of hydrogen-bond donors (Lipinski definition) is 1. The van der Waals surface area contributed by atoms with Gasteiger partial charge in [0.15, 0.2) is 0 Å². The Morgan fingerprint density at radius 1 is 1.00 bits per heavy atom. The van der Waals surface area contributed by atoms with Gasteiger partial charge in [-0.2, -0.15) is 0 Å².